The second-order valence-electron chi connectivity index (χ2n) is 6.57. The normalized spacial score (nSPS) is 18.8. The molecule has 1 aromatic carbocycles. The highest BCUT2D eigenvalue weighted by atomic mass is 35.5. The quantitative estimate of drug-likeness (QED) is 0.750. The molecule has 0 unspecified atom stereocenters. The number of rotatable bonds is 6. The van der Waals surface area contributed by atoms with Crippen LogP contribution in [0.4, 0.5) is 10.5 Å². The number of hydrogen-bond donors (Lipinski definition) is 2. The third-order valence-electron chi connectivity index (χ3n) is 4.64. The van der Waals surface area contributed by atoms with Crippen molar-refractivity contribution in [1.29, 1.82) is 0 Å². The summed E-state index contributed by atoms with van der Waals surface area (Å²) < 4.78 is 16.3. The van der Waals surface area contributed by atoms with Crippen molar-refractivity contribution in [3.63, 3.8) is 0 Å². The predicted molar refractivity (Wildman–Crippen MR) is 108 cm³/mol. The van der Waals surface area contributed by atoms with Crippen LogP contribution in [-0.4, -0.2) is 37.4 Å². The first-order chi connectivity index (χ1) is 13.6. The van der Waals surface area contributed by atoms with Gasteiger partial charge in [-0.1, -0.05) is 11.6 Å². The molecule has 1 aromatic heterocycles. The summed E-state index contributed by atoms with van der Waals surface area (Å²) in [5.74, 6) is 1.75. The first kappa shape index (κ1) is 20.1. The summed E-state index contributed by atoms with van der Waals surface area (Å²) in [5.41, 5.74) is 0.640. The largest absolute Gasteiger partial charge is 0.493 e. The zero-order valence-electron chi connectivity index (χ0n) is 15.9. The Morgan fingerprint density at radius 3 is 2.46 bits per heavy atom. The van der Waals surface area contributed by atoms with Gasteiger partial charge in [-0.15, -0.1) is 0 Å². The lowest BCUT2D eigenvalue weighted by Crippen LogP contribution is -2.41. The topological polar surface area (TPSA) is 81.7 Å². The van der Waals surface area contributed by atoms with Crippen molar-refractivity contribution in [3.8, 4) is 17.4 Å². The smallest absolute Gasteiger partial charge is 0.319 e. The van der Waals surface area contributed by atoms with Crippen molar-refractivity contribution in [1.82, 2.24) is 10.3 Å². The van der Waals surface area contributed by atoms with Crippen molar-refractivity contribution in [2.75, 3.05) is 19.5 Å². The van der Waals surface area contributed by atoms with Crippen LogP contribution >= 0.6 is 11.6 Å². The maximum atomic E-state index is 12.3. The highest BCUT2D eigenvalue weighted by Crippen LogP contribution is 2.30. The van der Waals surface area contributed by atoms with Crippen molar-refractivity contribution < 1.29 is 19.0 Å². The Hall–Kier alpha value is -2.67. The van der Waals surface area contributed by atoms with E-state index >= 15 is 0 Å². The summed E-state index contributed by atoms with van der Waals surface area (Å²) in [6, 6.07) is 8.64. The number of methoxy groups -OCH3 is 2. The molecule has 1 saturated carbocycles. The Morgan fingerprint density at radius 1 is 1.07 bits per heavy atom. The first-order valence-electron chi connectivity index (χ1n) is 9.15. The van der Waals surface area contributed by atoms with E-state index in [2.05, 4.69) is 15.6 Å². The molecule has 0 saturated heterocycles. The monoisotopic (exact) mass is 405 g/mol. The molecule has 2 N–H and O–H groups in total. The molecule has 3 rings (SSSR count). The van der Waals surface area contributed by atoms with Crippen molar-refractivity contribution in [2.45, 2.75) is 37.8 Å². The minimum atomic E-state index is -0.240. The zero-order chi connectivity index (χ0) is 19.9. The standard InChI is InChI=1S/C20H24ClN3O4/c1-26-17-9-6-15(11-18(17)27-2)24-20(25)23-14-4-7-16(8-5-14)28-19-10-3-13(21)12-22-19/h3,6,9-12,14,16H,4-5,7-8H2,1-2H3,(H2,23,24,25). The number of amides is 2. The van der Waals surface area contributed by atoms with E-state index in [1.165, 1.54) is 0 Å². The lowest BCUT2D eigenvalue weighted by Gasteiger charge is -2.29. The van der Waals surface area contributed by atoms with Crippen molar-refractivity contribution in [3.05, 3.63) is 41.6 Å². The average molecular weight is 406 g/mol. The van der Waals surface area contributed by atoms with Crippen LogP contribution in [0.2, 0.25) is 5.02 Å². The highest BCUT2D eigenvalue weighted by molar-refractivity contribution is 6.30. The highest BCUT2D eigenvalue weighted by Gasteiger charge is 2.24. The number of halogens is 1. The third-order valence-corrected chi connectivity index (χ3v) is 4.86. The van der Waals surface area contributed by atoms with E-state index in [0.717, 1.165) is 25.7 Å². The van der Waals surface area contributed by atoms with Crippen LogP contribution in [0.3, 0.4) is 0 Å². The molecule has 28 heavy (non-hydrogen) atoms. The van der Waals surface area contributed by atoms with Gasteiger partial charge in [-0.05, 0) is 43.9 Å². The Kier molecular flexibility index (Phi) is 6.81. The fraction of sp³-hybridized carbons (Fsp3) is 0.400. The summed E-state index contributed by atoms with van der Waals surface area (Å²) in [5, 5.41) is 6.43. The molecular weight excluding hydrogens is 382 g/mol. The summed E-state index contributed by atoms with van der Waals surface area (Å²) in [4.78, 5) is 16.5. The number of urea groups is 1. The number of nitrogens with one attached hydrogen (secondary N) is 2. The van der Waals surface area contributed by atoms with Gasteiger partial charge in [0, 0.05) is 30.1 Å². The number of pyridine rings is 1. The number of benzene rings is 1. The first-order valence-corrected chi connectivity index (χ1v) is 9.53. The van der Waals surface area contributed by atoms with Gasteiger partial charge < -0.3 is 24.8 Å². The average Bonchev–Trinajstić information content (AvgIpc) is 2.71. The molecular formula is C20H24ClN3O4. The second-order valence-corrected chi connectivity index (χ2v) is 7.01. The molecule has 0 atom stereocenters. The van der Waals surface area contributed by atoms with Crippen LogP contribution in [0.5, 0.6) is 17.4 Å². The number of anilines is 1. The summed E-state index contributed by atoms with van der Waals surface area (Å²) in [6.45, 7) is 0. The van der Waals surface area contributed by atoms with Gasteiger partial charge in [-0.3, -0.25) is 0 Å². The fourth-order valence-electron chi connectivity index (χ4n) is 3.19. The second kappa shape index (κ2) is 9.50. The number of aromatic nitrogens is 1. The van der Waals surface area contributed by atoms with Crippen LogP contribution in [0.25, 0.3) is 0 Å². The molecule has 8 heteroatoms. The van der Waals surface area contributed by atoms with Gasteiger partial charge >= 0.3 is 6.03 Å². The van der Waals surface area contributed by atoms with Gasteiger partial charge in [0.15, 0.2) is 11.5 Å². The maximum absolute atomic E-state index is 12.3. The van der Waals surface area contributed by atoms with Crippen molar-refractivity contribution in [2.24, 2.45) is 0 Å². The van der Waals surface area contributed by atoms with E-state index < -0.39 is 0 Å². The van der Waals surface area contributed by atoms with Gasteiger partial charge in [0.05, 0.1) is 19.2 Å². The minimum absolute atomic E-state index is 0.0978. The number of carbonyl (C=O) groups excluding carboxylic acids is 1. The molecule has 150 valence electrons. The van der Waals surface area contributed by atoms with E-state index in [4.69, 9.17) is 25.8 Å². The van der Waals surface area contributed by atoms with E-state index in [1.54, 1.807) is 50.7 Å². The molecule has 1 heterocycles. The lowest BCUT2D eigenvalue weighted by molar-refractivity contribution is 0.135. The summed E-state index contributed by atoms with van der Waals surface area (Å²) in [7, 11) is 3.13. The van der Waals surface area contributed by atoms with E-state index in [1.807, 2.05) is 0 Å². The molecule has 0 spiro atoms. The van der Waals surface area contributed by atoms with Gasteiger partial charge in [0.2, 0.25) is 5.88 Å². The Morgan fingerprint density at radius 2 is 1.82 bits per heavy atom. The van der Waals surface area contributed by atoms with E-state index in [-0.39, 0.29) is 18.2 Å². The molecule has 2 amide bonds. The SMILES string of the molecule is COc1ccc(NC(=O)NC2CCC(Oc3ccc(Cl)cn3)CC2)cc1OC. The number of nitrogens with zero attached hydrogens (tertiary/aromatic N) is 1. The number of ether oxygens (including phenoxy) is 3. The number of carbonyl (C=O) groups is 1. The predicted octanol–water partition coefficient (Wildman–Crippen LogP) is 4.26. The van der Waals surface area contributed by atoms with Crippen LogP contribution in [0, 0.1) is 0 Å². The molecule has 1 fully saturated rings. The van der Waals surface area contributed by atoms with Crippen LogP contribution in [0.1, 0.15) is 25.7 Å². The van der Waals surface area contributed by atoms with E-state index in [0.29, 0.717) is 28.1 Å². The molecule has 7 nitrogen and oxygen atoms in total. The van der Waals surface area contributed by atoms with Crippen LogP contribution < -0.4 is 24.8 Å². The van der Waals surface area contributed by atoms with Crippen LogP contribution in [-0.2, 0) is 0 Å². The molecule has 1 aliphatic rings. The molecule has 0 bridgehead atoms. The van der Waals surface area contributed by atoms with Gasteiger partial charge in [0.25, 0.3) is 0 Å². The Balaban J connectivity index is 1.45. The Labute approximate surface area is 169 Å². The molecule has 0 radical (unpaired) electrons. The third kappa shape index (κ3) is 5.42. The molecule has 2 aromatic rings. The number of hydrogen-bond acceptors (Lipinski definition) is 5. The fourth-order valence-corrected chi connectivity index (χ4v) is 3.31. The van der Waals surface area contributed by atoms with Gasteiger partial charge in [-0.25, -0.2) is 9.78 Å². The molecule has 0 aliphatic heterocycles. The molecule has 1 aliphatic carbocycles. The Bertz CT molecular complexity index is 793. The van der Waals surface area contributed by atoms with Gasteiger partial charge in [-0.2, -0.15) is 0 Å². The van der Waals surface area contributed by atoms with E-state index in [9.17, 15) is 4.79 Å². The van der Waals surface area contributed by atoms with Crippen molar-refractivity contribution >= 4 is 23.3 Å². The lowest BCUT2D eigenvalue weighted by atomic mass is 9.93. The zero-order valence-corrected chi connectivity index (χ0v) is 16.7. The minimum Gasteiger partial charge on any atom is -0.493 e. The summed E-state index contributed by atoms with van der Waals surface area (Å²) >= 11 is 5.83. The summed E-state index contributed by atoms with van der Waals surface area (Å²) in [6.07, 6.45) is 5.07. The maximum Gasteiger partial charge on any atom is 0.319 e. The van der Waals surface area contributed by atoms with Gasteiger partial charge in [0.1, 0.15) is 6.10 Å². The van der Waals surface area contributed by atoms with Crippen LogP contribution in [0.15, 0.2) is 36.5 Å².